The molecule has 1 atom stereocenters. The van der Waals surface area contributed by atoms with Crippen molar-refractivity contribution in [2.75, 3.05) is 24.3 Å². The highest BCUT2D eigenvalue weighted by Gasteiger charge is 2.23. The molecule has 0 bridgehead atoms. The fourth-order valence-corrected chi connectivity index (χ4v) is 2.26. The van der Waals surface area contributed by atoms with E-state index in [4.69, 9.17) is 4.74 Å². The van der Waals surface area contributed by atoms with E-state index < -0.39 is 0 Å². The van der Waals surface area contributed by atoms with Gasteiger partial charge in [-0.1, -0.05) is 18.2 Å². The highest BCUT2D eigenvalue weighted by atomic mass is 16.5. The van der Waals surface area contributed by atoms with Crippen LogP contribution in [0, 0.1) is 6.92 Å². The van der Waals surface area contributed by atoms with Gasteiger partial charge in [-0.15, -0.1) is 0 Å². The lowest BCUT2D eigenvalue weighted by molar-refractivity contribution is 0.260. The quantitative estimate of drug-likeness (QED) is 0.886. The van der Waals surface area contributed by atoms with Gasteiger partial charge in [0.05, 0.1) is 5.69 Å². The minimum Gasteiger partial charge on any atom is -0.464 e. The van der Waals surface area contributed by atoms with Crippen LogP contribution in [-0.4, -0.2) is 14.1 Å². The summed E-state index contributed by atoms with van der Waals surface area (Å²) in [7, 11) is 4.08. The van der Waals surface area contributed by atoms with Crippen LogP contribution in [0.3, 0.4) is 0 Å². The normalized spacial score (nSPS) is 16.5. The smallest absolute Gasteiger partial charge is 0.196 e. The SMILES string of the molecule is Cc1ccc2c(c1)NC(c1ccc(N(C)C)cc1)O2. The molecule has 3 rings (SSSR count). The minimum atomic E-state index is -0.0898. The summed E-state index contributed by atoms with van der Waals surface area (Å²) < 4.78 is 5.92. The lowest BCUT2D eigenvalue weighted by Gasteiger charge is -2.15. The first-order valence-corrected chi connectivity index (χ1v) is 6.44. The first-order chi connectivity index (χ1) is 9.13. The summed E-state index contributed by atoms with van der Waals surface area (Å²) >= 11 is 0. The molecule has 0 fully saturated rings. The van der Waals surface area contributed by atoms with Crippen molar-refractivity contribution >= 4 is 11.4 Å². The van der Waals surface area contributed by atoms with E-state index >= 15 is 0 Å². The molecule has 3 heteroatoms. The number of aryl methyl sites for hydroxylation is 1. The molecule has 98 valence electrons. The van der Waals surface area contributed by atoms with E-state index in [9.17, 15) is 0 Å². The Hall–Kier alpha value is -2.16. The number of nitrogens with one attached hydrogen (secondary N) is 1. The third-order valence-corrected chi connectivity index (χ3v) is 3.38. The van der Waals surface area contributed by atoms with E-state index in [1.807, 2.05) is 20.2 Å². The maximum atomic E-state index is 5.92. The van der Waals surface area contributed by atoms with Crippen LogP contribution in [0.15, 0.2) is 42.5 Å². The third-order valence-electron chi connectivity index (χ3n) is 3.38. The number of fused-ring (bicyclic) bond motifs is 1. The lowest BCUT2D eigenvalue weighted by Crippen LogP contribution is -2.11. The first-order valence-electron chi connectivity index (χ1n) is 6.44. The van der Waals surface area contributed by atoms with E-state index in [1.165, 1.54) is 11.3 Å². The fourth-order valence-electron chi connectivity index (χ4n) is 2.26. The van der Waals surface area contributed by atoms with Crippen molar-refractivity contribution < 1.29 is 4.74 Å². The summed E-state index contributed by atoms with van der Waals surface area (Å²) in [5.41, 5.74) is 4.63. The Labute approximate surface area is 113 Å². The van der Waals surface area contributed by atoms with Gasteiger partial charge in [0, 0.05) is 25.3 Å². The van der Waals surface area contributed by atoms with E-state index in [2.05, 4.69) is 53.5 Å². The summed E-state index contributed by atoms with van der Waals surface area (Å²) in [4.78, 5) is 2.09. The molecule has 0 spiro atoms. The summed E-state index contributed by atoms with van der Waals surface area (Å²) in [5.74, 6) is 0.923. The maximum absolute atomic E-state index is 5.92. The van der Waals surface area contributed by atoms with Crippen LogP contribution in [0.5, 0.6) is 5.75 Å². The average molecular weight is 254 g/mol. The molecule has 0 saturated carbocycles. The zero-order chi connectivity index (χ0) is 13.4. The summed E-state index contributed by atoms with van der Waals surface area (Å²) in [6.45, 7) is 2.08. The second kappa shape index (κ2) is 4.50. The standard InChI is InChI=1S/C16H18N2O/c1-11-4-9-15-14(10-11)17-16(19-15)12-5-7-13(8-6-12)18(2)3/h4-10,16-17H,1-3H3. The number of hydrogen-bond acceptors (Lipinski definition) is 3. The van der Waals surface area contributed by atoms with Gasteiger partial charge in [-0.2, -0.15) is 0 Å². The Balaban J connectivity index is 1.82. The summed E-state index contributed by atoms with van der Waals surface area (Å²) in [5, 5.41) is 3.40. The number of nitrogens with zero attached hydrogens (tertiary/aromatic N) is 1. The maximum Gasteiger partial charge on any atom is 0.196 e. The van der Waals surface area contributed by atoms with E-state index in [0.717, 1.165) is 17.0 Å². The second-order valence-corrected chi connectivity index (χ2v) is 5.13. The Morgan fingerprint density at radius 3 is 2.47 bits per heavy atom. The third kappa shape index (κ3) is 2.24. The molecule has 0 saturated heterocycles. The monoisotopic (exact) mass is 254 g/mol. The Kier molecular flexibility index (Phi) is 2.82. The van der Waals surface area contributed by atoms with Crippen LogP contribution in [0.25, 0.3) is 0 Å². The number of ether oxygens (including phenoxy) is 1. The molecule has 1 N–H and O–H groups in total. The minimum absolute atomic E-state index is 0.0898. The van der Waals surface area contributed by atoms with E-state index in [1.54, 1.807) is 0 Å². The zero-order valence-corrected chi connectivity index (χ0v) is 11.5. The second-order valence-electron chi connectivity index (χ2n) is 5.13. The molecule has 0 aliphatic carbocycles. The van der Waals surface area contributed by atoms with Gasteiger partial charge in [-0.25, -0.2) is 0 Å². The molecule has 1 heterocycles. The molecular weight excluding hydrogens is 236 g/mol. The number of hydrogen-bond donors (Lipinski definition) is 1. The van der Waals surface area contributed by atoms with Crippen molar-refractivity contribution in [2.24, 2.45) is 0 Å². The van der Waals surface area contributed by atoms with Crippen LogP contribution >= 0.6 is 0 Å². The molecular formula is C16H18N2O. The molecule has 1 aliphatic rings. The van der Waals surface area contributed by atoms with Crippen LogP contribution in [0.1, 0.15) is 17.4 Å². The Bertz CT molecular complexity index is 590. The molecule has 2 aromatic rings. The molecule has 0 amide bonds. The van der Waals surface area contributed by atoms with Gasteiger partial charge in [0.25, 0.3) is 0 Å². The van der Waals surface area contributed by atoms with Crippen molar-refractivity contribution in [1.82, 2.24) is 0 Å². The van der Waals surface area contributed by atoms with Gasteiger partial charge in [-0.3, -0.25) is 0 Å². The van der Waals surface area contributed by atoms with Crippen LogP contribution < -0.4 is 15.0 Å². The molecule has 19 heavy (non-hydrogen) atoms. The van der Waals surface area contributed by atoms with Crippen molar-refractivity contribution in [3.8, 4) is 5.75 Å². The van der Waals surface area contributed by atoms with Crippen molar-refractivity contribution in [2.45, 2.75) is 13.2 Å². The number of rotatable bonds is 2. The predicted molar refractivity (Wildman–Crippen MR) is 78.9 cm³/mol. The number of benzene rings is 2. The molecule has 3 nitrogen and oxygen atoms in total. The van der Waals surface area contributed by atoms with Gasteiger partial charge in [-0.05, 0) is 36.8 Å². The largest absolute Gasteiger partial charge is 0.464 e. The molecule has 2 aromatic carbocycles. The first kappa shape index (κ1) is 11.9. The van der Waals surface area contributed by atoms with Gasteiger partial charge in [0.2, 0.25) is 0 Å². The van der Waals surface area contributed by atoms with E-state index in [-0.39, 0.29) is 6.23 Å². The van der Waals surface area contributed by atoms with Gasteiger partial charge in [0.1, 0.15) is 5.75 Å². The van der Waals surface area contributed by atoms with Crippen LogP contribution in [0.4, 0.5) is 11.4 Å². The van der Waals surface area contributed by atoms with E-state index in [0.29, 0.717) is 0 Å². The molecule has 1 unspecified atom stereocenters. The van der Waals surface area contributed by atoms with Gasteiger partial charge < -0.3 is 15.0 Å². The Morgan fingerprint density at radius 1 is 1.05 bits per heavy atom. The van der Waals surface area contributed by atoms with Crippen molar-refractivity contribution in [3.63, 3.8) is 0 Å². The van der Waals surface area contributed by atoms with Gasteiger partial charge >= 0.3 is 0 Å². The lowest BCUT2D eigenvalue weighted by atomic mass is 10.1. The van der Waals surface area contributed by atoms with Crippen molar-refractivity contribution in [1.29, 1.82) is 0 Å². The number of anilines is 2. The predicted octanol–water partition coefficient (Wildman–Crippen LogP) is 3.56. The highest BCUT2D eigenvalue weighted by Crippen LogP contribution is 2.38. The Morgan fingerprint density at radius 2 is 1.79 bits per heavy atom. The van der Waals surface area contributed by atoms with Crippen LogP contribution in [0.2, 0.25) is 0 Å². The molecule has 1 aliphatic heterocycles. The topological polar surface area (TPSA) is 24.5 Å². The summed E-state index contributed by atoms with van der Waals surface area (Å²) in [6, 6.07) is 14.6. The molecule has 0 radical (unpaired) electrons. The average Bonchev–Trinajstić information content (AvgIpc) is 2.81. The fraction of sp³-hybridized carbons (Fsp3) is 0.250. The van der Waals surface area contributed by atoms with Crippen LogP contribution in [-0.2, 0) is 0 Å². The molecule has 0 aromatic heterocycles. The highest BCUT2D eigenvalue weighted by molar-refractivity contribution is 5.62. The van der Waals surface area contributed by atoms with Gasteiger partial charge in [0.15, 0.2) is 6.23 Å². The summed E-state index contributed by atoms with van der Waals surface area (Å²) in [6.07, 6.45) is -0.0898. The van der Waals surface area contributed by atoms with Crippen molar-refractivity contribution in [3.05, 3.63) is 53.6 Å². The zero-order valence-electron chi connectivity index (χ0n) is 11.5.